The zero-order chi connectivity index (χ0) is 13.0. The molecule has 0 N–H and O–H groups in total. The number of nitriles is 1. The fourth-order valence-corrected chi connectivity index (χ4v) is 1.74. The zero-order valence-corrected chi connectivity index (χ0v) is 10.1. The Morgan fingerprint density at radius 1 is 1.28 bits per heavy atom. The summed E-state index contributed by atoms with van der Waals surface area (Å²) in [6, 6.07) is 11.9. The number of hydrogen-bond donors (Lipinski definition) is 0. The van der Waals surface area contributed by atoms with Crippen molar-refractivity contribution in [2.24, 2.45) is 0 Å². The molecule has 0 aliphatic rings. The van der Waals surface area contributed by atoms with Crippen molar-refractivity contribution in [2.75, 3.05) is 0 Å². The monoisotopic (exact) mass is 256 g/mol. The Hall–Kier alpha value is -2.18. The van der Waals surface area contributed by atoms with Gasteiger partial charge in [-0.15, -0.1) is 0 Å². The lowest BCUT2D eigenvalue weighted by molar-refractivity contribution is 0.0979. The summed E-state index contributed by atoms with van der Waals surface area (Å²) in [5.41, 5.74) is 1.06. The number of rotatable bonds is 3. The highest BCUT2D eigenvalue weighted by atomic mass is 35.5. The number of carbonyl (C=O) groups excluding carboxylic acids is 1. The van der Waals surface area contributed by atoms with Crippen molar-refractivity contribution in [1.82, 2.24) is 4.98 Å². The Labute approximate surface area is 110 Å². The summed E-state index contributed by atoms with van der Waals surface area (Å²) in [6.45, 7) is 0. The first kappa shape index (κ1) is 12.3. The van der Waals surface area contributed by atoms with Crippen LogP contribution in [0.15, 0.2) is 48.8 Å². The Balaban J connectivity index is 2.32. The minimum Gasteiger partial charge on any atom is -0.292 e. The Kier molecular flexibility index (Phi) is 3.71. The van der Waals surface area contributed by atoms with Crippen LogP contribution in [0.3, 0.4) is 0 Å². The van der Waals surface area contributed by atoms with Crippen molar-refractivity contribution >= 4 is 17.4 Å². The molecule has 2 aromatic rings. The number of ketones is 1. The summed E-state index contributed by atoms with van der Waals surface area (Å²) in [7, 11) is 0. The van der Waals surface area contributed by atoms with Crippen LogP contribution in [-0.2, 0) is 0 Å². The average Bonchev–Trinajstić information content (AvgIpc) is 2.41. The van der Waals surface area contributed by atoms with Crippen LogP contribution in [0.5, 0.6) is 0 Å². The maximum Gasteiger partial charge on any atom is 0.184 e. The number of hydrogen-bond acceptors (Lipinski definition) is 3. The van der Waals surface area contributed by atoms with Gasteiger partial charge in [0.15, 0.2) is 5.78 Å². The van der Waals surface area contributed by atoms with Gasteiger partial charge < -0.3 is 0 Å². The van der Waals surface area contributed by atoms with Gasteiger partial charge in [-0.1, -0.05) is 17.7 Å². The summed E-state index contributed by atoms with van der Waals surface area (Å²) in [4.78, 5) is 16.1. The van der Waals surface area contributed by atoms with Crippen molar-refractivity contribution in [3.8, 4) is 6.07 Å². The minimum absolute atomic E-state index is 0.248. The van der Waals surface area contributed by atoms with Crippen LogP contribution in [0, 0.1) is 11.3 Å². The molecular formula is C14H9ClN2O. The first-order valence-electron chi connectivity index (χ1n) is 5.31. The van der Waals surface area contributed by atoms with E-state index in [0.717, 1.165) is 0 Å². The van der Waals surface area contributed by atoms with E-state index in [1.54, 1.807) is 42.6 Å². The molecule has 0 aliphatic heterocycles. The lowest BCUT2D eigenvalue weighted by Crippen LogP contribution is -2.11. The summed E-state index contributed by atoms with van der Waals surface area (Å²) in [5.74, 6) is -1.08. The standard InChI is InChI=1S/C14H9ClN2O/c15-12-5-3-10(4-6-12)14(18)13(8-16)11-2-1-7-17-9-11/h1-7,9,13H. The van der Waals surface area contributed by atoms with Crippen molar-refractivity contribution in [3.63, 3.8) is 0 Å². The smallest absolute Gasteiger partial charge is 0.184 e. The SMILES string of the molecule is N#CC(C(=O)c1ccc(Cl)cc1)c1cccnc1. The molecule has 0 saturated carbocycles. The van der Waals surface area contributed by atoms with E-state index < -0.39 is 5.92 Å². The molecule has 18 heavy (non-hydrogen) atoms. The third-order valence-electron chi connectivity index (χ3n) is 2.54. The van der Waals surface area contributed by atoms with E-state index in [9.17, 15) is 4.79 Å². The number of Topliss-reactive ketones (excluding diaryl/α,β-unsaturated/α-hetero) is 1. The molecule has 1 aromatic heterocycles. The highest BCUT2D eigenvalue weighted by Gasteiger charge is 2.21. The lowest BCUT2D eigenvalue weighted by Gasteiger charge is -2.07. The number of nitrogens with zero attached hydrogens (tertiary/aromatic N) is 2. The number of benzene rings is 1. The molecule has 0 radical (unpaired) electrons. The van der Waals surface area contributed by atoms with Crippen LogP contribution < -0.4 is 0 Å². The average molecular weight is 257 g/mol. The van der Waals surface area contributed by atoms with E-state index in [-0.39, 0.29) is 5.78 Å². The maximum absolute atomic E-state index is 12.2. The molecule has 1 aromatic carbocycles. The quantitative estimate of drug-likeness (QED) is 0.793. The first-order chi connectivity index (χ1) is 8.72. The van der Waals surface area contributed by atoms with Crippen LogP contribution in [-0.4, -0.2) is 10.8 Å². The van der Waals surface area contributed by atoms with Gasteiger partial charge in [-0.2, -0.15) is 5.26 Å². The molecule has 2 rings (SSSR count). The van der Waals surface area contributed by atoms with Crippen LogP contribution >= 0.6 is 11.6 Å². The van der Waals surface area contributed by atoms with Gasteiger partial charge >= 0.3 is 0 Å². The number of halogens is 1. The fraction of sp³-hybridized carbons (Fsp3) is 0.0714. The zero-order valence-electron chi connectivity index (χ0n) is 9.38. The van der Waals surface area contributed by atoms with Crippen molar-refractivity contribution in [1.29, 1.82) is 5.26 Å². The first-order valence-corrected chi connectivity index (χ1v) is 5.69. The summed E-state index contributed by atoms with van der Waals surface area (Å²) >= 11 is 5.76. The van der Waals surface area contributed by atoms with Crippen LogP contribution in [0.1, 0.15) is 21.8 Å². The second-order valence-electron chi connectivity index (χ2n) is 3.72. The number of carbonyl (C=O) groups is 1. The van der Waals surface area contributed by atoms with Crippen molar-refractivity contribution < 1.29 is 4.79 Å². The summed E-state index contributed by atoms with van der Waals surface area (Å²) in [6.07, 6.45) is 3.13. The molecular weight excluding hydrogens is 248 g/mol. The Bertz CT molecular complexity index is 587. The van der Waals surface area contributed by atoms with E-state index in [1.807, 2.05) is 6.07 Å². The van der Waals surface area contributed by atoms with Gasteiger partial charge in [-0.3, -0.25) is 9.78 Å². The van der Waals surface area contributed by atoms with Crippen LogP contribution in [0.25, 0.3) is 0 Å². The predicted molar refractivity (Wildman–Crippen MR) is 68.4 cm³/mol. The molecule has 1 unspecified atom stereocenters. The normalized spacial score (nSPS) is 11.6. The summed E-state index contributed by atoms with van der Waals surface area (Å²) in [5, 5.41) is 9.70. The molecule has 0 fully saturated rings. The van der Waals surface area contributed by atoms with Crippen molar-refractivity contribution in [3.05, 3.63) is 64.9 Å². The molecule has 0 bridgehead atoms. The topological polar surface area (TPSA) is 53.8 Å². The van der Waals surface area contributed by atoms with E-state index >= 15 is 0 Å². The molecule has 88 valence electrons. The van der Waals surface area contributed by atoms with Crippen molar-refractivity contribution in [2.45, 2.75) is 5.92 Å². The molecule has 3 nitrogen and oxygen atoms in total. The second kappa shape index (κ2) is 5.44. The fourth-order valence-electron chi connectivity index (χ4n) is 1.61. The second-order valence-corrected chi connectivity index (χ2v) is 4.16. The predicted octanol–water partition coefficient (Wildman–Crippen LogP) is 3.23. The third kappa shape index (κ3) is 2.55. The lowest BCUT2D eigenvalue weighted by atomic mass is 9.93. The maximum atomic E-state index is 12.2. The van der Waals surface area contributed by atoms with Gasteiger partial charge in [-0.25, -0.2) is 0 Å². The number of pyridine rings is 1. The Morgan fingerprint density at radius 2 is 2.00 bits per heavy atom. The molecule has 0 aliphatic carbocycles. The van der Waals surface area contributed by atoms with E-state index in [2.05, 4.69) is 4.98 Å². The van der Waals surface area contributed by atoms with E-state index in [0.29, 0.717) is 16.1 Å². The van der Waals surface area contributed by atoms with E-state index in [4.69, 9.17) is 16.9 Å². The Morgan fingerprint density at radius 3 is 2.56 bits per heavy atom. The van der Waals surface area contributed by atoms with Gasteiger partial charge in [0.25, 0.3) is 0 Å². The van der Waals surface area contributed by atoms with E-state index in [1.165, 1.54) is 6.20 Å². The third-order valence-corrected chi connectivity index (χ3v) is 2.79. The van der Waals surface area contributed by atoms with Gasteiger partial charge in [0.2, 0.25) is 0 Å². The highest BCUT2D eigenvalue weighted by molar-refractivity contribution is 6.30. The molecule has 1 atom stereocenters. The minimum atomic E-state index is -0.833. The van der Waals surface area contributed by atoms with Gasteiger partial charge in [0.1, 0.15) is 5.92 Å². The summed E-state index contributed by atoms with van der Waals surface area (Å²) < 4.78 is 0. The molecule has 4 heteroatoms. The molecule has 0 spiro atoms. The van der Waals surface area contributed by atoms with Crippen LogP contribution in [0.2, 0.25) is 5.02 Å². The van der Waals surface area contributed by atoms with Gasteiger partial charge in [0.05, 0.1) is 6.07 Å². The largest absolute Gasteiger partial charge is 0.292 e. The van der Waals surface area contributed by atoms with Crippen LogP contribution in [0.4, 0.5) is 0 Å². The highest BCUT2D eigenvalue weighted by Crippen LogP contribution is 2.20. The number of aromatic nitrogens is 1. The van der Waals surface area contributed by atoms with Gasteiger partial charge in [0, 0.05) is 23.0 Å². The van der Waals surface area contributed by atoms with Gasteiger partial charge in [-0.05, 0) is 35.9 Å². The molecule has 1 heterocycles. The molecule has 0 amide bonds. The molecule has 0 saturated heterocycles.